The number of aromatic nitrogens is 2. The maximum absolute atomic E-state index is 14.1. The fraction of sp³-hybridized carbons (Fsp3) is 0.238. The number of amides is 2. The van der Waals surface area contributed by atoms with E-state index in [2.05, 4.69) is 15.6 Å². The normalized spacial score (nSPS) is 11.2. The van der Waals surface area contributed by atoms with Crippen LogP contribution in [0, 0.1) is 5.82 Å². The first-order valence-electron chi connectivity index (χ1n) is 9.20. The summed E-state index contributed by atoms with van der Waals surface area (Å²) in [5.74, 6) is -1.37. The van der Waals surface area contributed by atoms with Crippen LogP contribution in [0.4, 0.5) is 9.52 Å². The van der Waals surface area contributed by atoms with Crippen molar-refractivity contribution in [3.8, 4) is 0 Å². The van der Waals surface area contributed by atoms with Gasteiger partial charge in [0, 0.05) is 29.7 Å². The number of rotatable bonds is 7. The molecule has 2 aromatic heterocycles. The minimum atomic E-state index is -0.678. The van der Waals surface area contributed by atoms with Crippen molar-refractivity contribution in [1.82, 2.24) is 14.9 Å². The first-order chi connectivity index (χ1) is 14.3. The zero-order valence-electron chi connectivity index (χ0n) is 16.5. The molecule has 0 fully saturated rings. The molecule has 0 saturated heterocycles. The number of thiazole rings is 1. The van der Waals surface area contributed by atoms with Gasteiger partial charge in [-0.3, -0.25) is 14.4 Å². The van der Waals surface area contributed by atoms with Crippen molar-refractivity contribution in [2.24, 2.45) is 0 Å². The number of halogens is 1. The van der Waals surface area contributed by atoms with Crippen LogP contribution in [0.5, 0.6) is 0 Å². The van der Waals surface area contributed by atoms with Crippen LogP contribution in [0.25, 0.3) is 0 Å². The number of hydrogen-bond acceptors (Lipinski definition) is 5. The largest absolute Gasteiger partial charge is 0.351 e. The van der Waals surface area contributed by atoms with Crippen LogP contribution in [0.15, 0.2) is 59.0 Å². The Morgan fingerprint density at radius 2 is 1.97 bits per heavy atom. The smallest absolute Gasteiger partial charge is 0.263 e. The van der Waals surface area contributed by atoms with E-state index >= 15 is 0 Å². The van der Waals surface area contributed by atoms with Gasteiger partial charge in [0.2, 0.25) is 5.91 Å². The van der Waals surface area contributed by atoms with Crippen molar-refractivity contribution in [3.63, 3.8) is 0 Å². The molecule has 2 amide bonds. The number of anilines is 1. The molecule has 3 aromatic rings. The Labute approximate surface area is 176 Å². The SMILES string of the molecule is CC(C)(CNC(=O)c1cccn(CC(=O)Nc2nccs2)c1=O)c1ccccc1F. The lowest BCUT2D eigenvalue weighted by atomic mass is 9.84. The van der Waals surface area contributed by atoms with Crippen molar-refractivity contribution in [1.29, 1.82) is 0 Å². The molecule has 3 rings (SSSR count). The number of pyridine rings is 1. The molecule has 0 bridgehead atoms. The molecular weight excluding hydrogens is 407 g/mol. The van der Waals surface area contributed by atoms with E-state index in [4.69, 9.17) is 0 Å². The second-order valence-corrected chi connectivity index (χ2v) is 8.18. The van der Waals surface area contributed by atoms with Gasteiger partial charge in [0.15, 0.2) is 5.13 Å². The highest BCUT2D eigenvalue weighted by Crippen LogP contribution is 2.24. The second-order valence-electron chi connectivity index (χ2n) is 7.29. The Morgan fingerprint density at radius 3 is 2.67 bits per heavy atom. The number of hydrogen-bond donors (Lipinski definition) is 2. The molecule has 7 nitrogen and oxygen atoms in total. The van der Waals surface area contributed by atoms with Crippen molar-refractivity contribution >= 4 is 28.3 Å². The van der Waals surface area contributed by atoms with Crippen molar-refractivity contribution in [3.05, 3.63) is 81.5 Å². The highest BCUT2D eigenvalue weighted by Gasteiger charge is 2.25. The van der Waals surface area contributed by atoms with Gasteiger partial charge in [0.05, 0.1) is 0 Å². The molecule has 9 heteroatoms. The summed E-state index contributed by atoms with van der Waals surface area (Å²) in [5.41, 5.74) is -0.894. The average Bonchev–Trinajstić information content (AvgIpc) is 3.21. The van der Waals surface area contributed by atoms with Gasteiger partial charge in [-0.25, -0.2) is 9.37 Å². The number of carbonyl (C=O) groups is 2. The monoisotopic (exact) mass is 428 g/mol. The van der Waals surface area contributed by atoms with Crippen LogP contribution in [-0.4, -0.2) is 27.9 Å². The van der Waals surface area contributed by atoms with Crippen molar-refractivity contribution in [2.75, 3.05) is 11.9 Å². The molecule has 0 spiro atoms. The second kappa shape index (κ2) is 9.00. The third-order valence-electron chi connectivity index (χ3n) is 4.55. The van der Waals surface area contributed by atoms with E-state index < -0.39 is 22.8 Å². The standard InChI is InChI=1S/C21H21FN4O3S/c1-21(2,15-7-3-4-8-16(15)22)13-24-18(28)14-6-5-10-26(19(14)29)12-17(27)25-20-23-9-11-30-20/h3-11H,12-13H2,1-2H3,(H,24,28)(H,23,25,27). The Kier molecular flexibility index (Phi) is 6.41. The van der Waals surface area contributed by atoms with E-state index in [0.717, 1.165) is 4.57 Å². The molecule has 2 heterocycles. The highest BCUT2D eigenvalue weighted by molar-refractivity contribution is 7.13. The summed E-state index contributed by atoms with van der Waals surface area (Å²) in [7, 11) is 0. The molecule has 1 aromatic carbocycles. The van der Waals surface area contributed by atoms with E-state index in [9.17, 15) is 18.8 Å². The minimum Gasteiger partial charge on any atom is -0.351 e. The van der Waals surface area contributed by atoms with Gasteiger partial charge in [-0.2, -0.15) is 0 Å². The van der Waals surface area contributed by atoms with E-state index in [1.165, 1.54) is 35.7 Å². The summed E-state index contributed by atoms with van der Waals surface area (Å²) in [6, 6.07) is 9.28. The summed E-state index contributed by atoms with van der Waals surface area (Å²) in [4.78, 5) is 41.3. The Morgan fingerprint density at radius 1 is 1.20 bits per heavy atom. The molecule has 2 N–H and O–H groups in total. The lowest BCUT2D eigenvalue weighted by molar-refractivity contribution is -0.116. The van der Waals surface area contributed by atoms with Crippen LogP contribution >= 0.6 is 11.3 Å². The Balaban J connectivity index is 1.69. The van der Waals surface area contributed by atoms with Crippen LogP contribution in [0.1, 0.15) is 29.8 Å². The number of nitrogens with one attached hydrogen (secondary N) is 2. The van der Waals surface area contributed by atoms with Crippen molar-refractivity contribution < 1.29 is 14.0 Å². The molecule has 30 heavy (non-hydrogen) atoms. The predicted octanol–water partition coefficient (Wildman–Crippen LogP) is 2.79. The van der Waals surface area contributed by atoms with E-state index in [0.29, 0.717) is 10.7 Å². The average molecular weight is 428 g/mol. The summed E-state index contributed by atoms with van der Waals surface area (Å²) >= 11 is 1.26. The van der Waals surface area contributed by atoms with Gasteiger partial charge in [0.25, 0.3) is 11.5 Å². The van der Waals surface area contributed by atoms with E-state index in [1.54, 1.807) is 43.6 Å². The molecule has 0 aliphatic carbocycles. The van der Waals surface area contributed by atoms with Gasteiger partial charge in [-0.05, 0) is 23.8 Å². The Hall–Kier alpha value is -3.33. The van der Waals surface area contributed by atoms with Gasteiger partial charge in [-0.1, -0.05) is 32.0 Å². The van der Waals surface area contributed by atoms with Gasteiger partial charge >= 0.3 is 0 Å². The fourth-order valence-electron chi connectivity index (χ4n) is 2.93. The maximum Gasteiger partial charge on any atom is 0.263 e. The molecular formula is C21H21FN4O3S. The van der Waals surface area contributed by atoms with E-state index in [-0.39, 0.29) is 24.5 Å². The maximum atomic E-state index is 14.1. The number of benzene rings is 1. The molecule has 0 aliphatic rings. The summed E-state index contributed by atoms with van der Waals surface area (Å²) in [6.07, 6.45) is 2.99. The van der Waals surface area contributed by atoms with Crippen molar-refractivity contribution in [2.45, 2.75) is 25.8 Å². The van der Waals surface area contributed by atoms with Crippen LogP contribution in [0.3, 0.4) is 0 Å². The zero-order chi connectivity index (χ0) is 21.7. The zero-order valence-corrected chi connectivity index (χ0v) is 17.3. The molecule has 156 valence electrons. The minimum absolute atomic E-state index is 0.0936. The van der Waals surface area contributed by atoms with Crippen LogP contribution in [0.2, 0.25) is 0 Å². The molecule has 0 aliphatic heterocycles. The lowest BCUT2D eigenvalue weighted by Gasteiger charge is -2.26. The van der Waals surface area contributed by atoms with Gasteiger partial charge < -0.3 is 15.2 Å². The fourth-order valence-corrected chi connectivity index (χ4v) is 3.48. The predicted molar refractivity (Wildman–Crippen MR) is 113 cm³/mol. The first-order valence-corrected chi connectivity index (χ1v) is 10.1. The van der Waals surface area contributed by atoms with E-state index in [1.807, 2.05) is 0 Å². The van der Waals surface area contributed by atoms with Gasteiger partial charge in [-0.15, -0.1) is 11.3 Å². The topological polar surface area (TPSA) is 93.1 Å². The third kappa shape index (κ3) is 4.98. The molecule has 0 atom stereocenters. The molecule has 0 saturated carbocycles. The summed E-state index contributed by atoms with van der Waals surface area (Å²) in [5, 5.41) is 7.43. The first kappa shape index (κ1) is 21.4. The lowest BCUT2D eigenvalue weighted by Crippen LogP contribution is -2.40. The number of nitrogens with zero attached hydrogens (tertiary/aromatic N) is 2. The third-order valence-corrected chi connectivity index (χ3v) is 5.24. The quantitative estimate of drug-likeness (QED) is 0.605. The highest BCUT2D eigenvalue weighted by atomic mass is 32.1. The van der Waals surface area contributed by atoms with Gasteiger partial charge in [0.1, 0.15) is 17.9 Å². The van der Waals surface area contributed by atoms with Crippen LogP contribution < -0.4 is 16.2 Å². The number of carbonyl (C=O) groups excluding carboxylic acids is 2. The Bertz CT molecular complexity index is 1110. The summed E-state index contributed by atoms with van der Waals surface area (Å²) in [6.45, 7) is 3.49. The summed E-state index contributed by atoms with van der Waals surface area (Å²) < 4.78 is 15.3. The molecule has 0 radical (unpaired) electrons. The molecule has 0 unspecified atom stereocenters. The van der Waals surface area contributed by atoms with Crippen LogP contribution in [-0.2, 0) is 16.8 Å².